The summed E-state index contributed by atoms with van der Waals surface area (Å²) in [6, 6.07) is 23.1. The lowest BCUT2D eigenvalue weighted by Crippen LogP contribution is -2.04. The largest absolute Gasteiger partial charge is 0.481 e. The third kappa shape index (κ3) is 6.25. The Kier molecular flexibility index (Phi) is 7.44. The monoisotopic (exact) mass is 510 g/mol. The van der Waals surface area contributed by atoms with Gasteiger partial charge in [0.05, 0.1) is 13.0 Å². The van der Waals surface area contributed by atoms with Crippen LogP contribution in [0.2, 0.25) is 0 Å². The fourth-order valence-corrected chi connectivity index (χ4v) is 3.84. The van der Waals surface area contributed by atoms with E-state index in [4.69, 9.17) is 13.9 Å². The van der Waals surface area contributed by atoms with Crippen molar-refractivity contribution in [1.29, 1.82) is 0 Å². The molecule has 2 aromatic carbocycles. The molecule has 0 radical (unpaired) electrons. The fraction of sp³-hybridized carbons (Fsp3) is 0.172. The highest BCUT2D eigenvalue weighted by Crippen LogP contribution is 2.23. The third-order valence-corrected chi connectivity index (χ3v) is 5.77. The van der Waals surface area contributed by atoms with Gasteiger partial charge < -0.3 is 19.0 Å². The van der Waals surface area contributed by atoms with E-state index in [0.29, 0.717) is 41.2 Å². The van der Waals surface area contributed by atoms with Crippen LogP contribution in [-0.2, 0) is 31.0 Å². The minimum absolute atomic E-state index is 0.178. The molecule has 0 aliphatic carbocycles. The van der Waals surface area contributed by atoms with Crippen LogP contribution in [0, 0.1) is 6.92 Å². The molecule has 9 heteroatoms. The minimum Gasteiger partial charge on any atom is -0.481 e. The van der Waals surface area contributed by atoms with Crippen LogP contribution < -0.4 is 9.47 Å². The molecule has 5 rings (SSSR count). The first kappa shape index (κ1) is 24.8. The molecule has 0 atom stereocenters. The summed E-state index contributed by atoms with van der Waals surface area (Å²) in [6.07, 6.45) is 3.18. The summed E-state index contributed by atoms with van der Waals surface area (Å²) < 4.78 is 19.1. The van der Waals surface area contributed by atoms with Crippen LogP contribution in [0.3, 0.4) is 0 Å². The zero-order valence-electron chi connectivity index (χ0n) is 20.8. The van der Waals surface area contributed by atoms with E-state index >= 15 is 0 Å². The van der Waals surface area contributed by atoms with E-state index in [9.17, 15) is 9.90 Å². The van der Waals surface area contributed by atoms with Gasteiger partial charge in [-0.25, -0.2) is 9.97 Å². The predicted molar refractivity (Wildman–Crippen MR) is 139 cm³/mol. The quantitative estimate of drug-likeness (QED) is 0.262. The Labute approximate surface area is 219 Å². The van der Waals surface area contributed by atoms with Gasteiger partial charge in [-0.3, -0.25) is 9.48 Å². The summed E-state index contributed by atoms with van der Waals surface area (Å²) in [7, 11) is 0. The second kappa shape index (κ2) is 11.4. The van der Waals surface area contributed by atoms with Crippen molar-refractivity contribution in [2.45, 2.75) is 33.1 Å². The first-order valence-corrected chi connectivity index (χ1v) is 12.1. The topological polar surface area (TPSA) is 113 Å². The van der Waals surface area contributed by atoms with Crippen molar-refractivity contribution in [3.05, 3.63) is 113 Å². The minimum atomic E-state index is -0.949. The van der Waals surface area contributed by atoms with Gasteiger partial charge in [0.25, 0.3) is 0 Å². The van der Waals surface area contributed by atoms with E-state index in [-0.39, 0.29) is 19.6 Å². The first-order valence-electron chi connectivity index (χ1n) is 12.1. The first-order chi connectivity index (χ1) is 18.5. The van der Waals surface area contributed by atoms with Gasteiger partial charge in [-0.2, -0.15) is 0 Å². The molecule has 9 nitrogen and oxygen atoms in total. The average molecular weight is 511 g/mol. The number of aryl methyl sites for hydroxylation is 1. The fourth-order valence-electron chi connectivity index (χ4n) is 3.84. The number of ether oxygens (including phenoxy) is 2. The van der Waals surface area contributed by atoms with Gasteiger partial charge in [0, 0.05) is 35.2 Å². The highest BCUT2D eigenvalue weighted by molar-refractivity contribution is 5.70. The molecule has 3 aromatic heterocycles. The third-order valence-electron chi connectivity index (χ3n) is 5.77. The molecule has 0 fully saturated rings. The molecule has 1 N–H and O–H groups in total. The van der Waals surface area contributed by atoms with Gasteiger partial charge in [-0.15, -0.1) is 5.10 Å². The van der Waals surface area contributed by atoms with Crippen LogP contribution in [0.5, 0.6) is 11.8 Å². The number of rotatable bonds is 11. The summed E-state index contributed by atoms with van der Waals surface area (Å²) in [5.41, 5.74) is 3.97. The van der Waals surface area contributed by atoms with E-state index in [0.717, 1.165) is 16.7 Å². The van der Waals surface area contributed by atoms with Crippen molar-refractivity contribution in [2.75, 3.05) is 0 Å². The van der Waals surface area contributed by atoms with Gasteiger partial charge in [0.2, 0.25) is 17.7 Å². The molecule has 192 valence electrons. The zero-order chi connectivity index (χ0) is 26.3. The lowest BCUT2D eigenvalue weighted by Gasteiger charge is -2.07. The van der Waals surface area contributed by atoms with Crippen molar-refractivity contribution in [2.24, 2.45) is 0 Å². The molecule has 0 amide bonds. The van der Waals surface area contributed by atoms with Crippen molar-refractivity contribution in [3.8, 4) is 23.2 Å². The number of benzene rings is 2. The summed E-state index contributed by atoms with van der Waals surface area (Å²) in [6.45, 7) is 2.78. The van der Waals surface area contributed by atoms with Gasteiger partial charge in [-0.1, -0.05) is 48.5 Å². The number of pyridine rings is 1. The molecule has 0 saturated carbocycles. The second-order valence-corrected chi connectivity index (χ2v) is 8.68. The Morgan fingerprint density at radius 1 is 0.947 bits per heavy atom. The van der Waals surface area contributed by atoms with Crippen LogP contribution in [0.1, 0.15) is 28.1 Å². The van der Waals surface area contributed by atoms with Crippen LogP contribution in [0.15, 0.2) is 89.6 Å². The second-order valence-electron chi connectivity index (χ2n) is 8.68. The lowest BCUT2D eigenvalue weighted by atomic mass is 10.2. The van der Waals surface area contributed by atoms with E-state index in [1.807, 2.05) is 73.7 Å². The average Bonchev–Trinajstić information content (AvgIpc) is 3.49. The maximum absolute atomic E-state index is 11.3. The predicted octanol–water partition coefficient (Wildman–Crippen LogP) is 5.07. The Balaban J connectivity index is 1.19. The van der Waals surface area contributed by atoms with Gasteiger partial charge in [0.15, 0.2) is 0 Å². The Bertz CT molecular complexity index is 1500. The molecule has 0 bridgehead atoms. The van der Waals surface area contributed by atoms with Crippen LogP contribution in [0.25, 0.3) is 11.5 Å². The van der Waals surface area contributed by atoms with E-state index < -0.39 is 5.97 Å². The summed E-state index contributed by atoms with van der Waals surface area (Å²) in [5.74, 6) is 1.03. The molecule has 0 spiro atoms. The summed E-state index contributed by atoms with van der Waals surface area (Å²) >= 11 is 0. The molecule has 0 saturated heterocycles. The molecule has 0 unspecified atom stereocenters. The lowest BCUT2D eigenvalue weighted by molar-refractivity contribution is -0.136. The molecule has 3 heterocycles. The smallest absolute Gasteiger partial charge is 0.308 e. The molecule has 38 heavy (non-hydrogen) atoms. The molecular weight excluding hydrogens is 484 g/mol. The van der Waals surface area contributed by atoms with Gasteiger partial charge >= 0.3 is 5.97 Å². The Morgan fingerprint density at radius 3 is 2.42 bits per heavy atom. The maximum atomic E-state index is 11.3. The highest BCUT2D eigenvalue weighted by Gasteiger charge is 2.15. The van der Waals surface area contributed by atoms with Gasteiger partial charge in [-0.05, 0) is 30.7 Å². The number of carboxylic acids is 1. The SMILES string of the molecule is Cc1oc(-c2ccccc2)nc1COc1ccc(COc2nn(Cc3ccccc3)cc2CC(=O)O)cn1. The van der Waals surface area contributed by atoms with E-state index in [1.54, 1.807) is 23.1 Å². The number of hydrogen-bond donors (Lipinski definition) is 1. The zero-order valence-corrected chi connectivity index (χ0v) is 20.8. The number of nitrogens with zero attached hydrogens (tertiary/aromatic N) is 4. The molecular formula is C29H26N4O5. The van der Waals surface area contributed by atoms with Gasteiger partial charge in [0.1, 0.15) is 24.7 Å². The van der Waals surface area contributed by atoms with E-state index in [2.05, 4.69) is 15.1 Å². The van der Waals surface area contributed by atoms with Crippen molar-refractivity contribution in [3.63, 3.8) is 0 Å². The maximum Gasteiger partial charge on any atom is 0.308 e. The molecule has 5 aromatic rings. The normalized spacial score (nSPS) is 10.9. The van der Waals surface area contributed by atoms with Crippen molar-refractivity contribution >= 4 is 5.97 Å². The number of oxazole rings is 1. The standard InChI is InChI=1S/C29H26N4O5/c1-20-25(31-28(38-20)23-10-6-3-7-11-23)19-36-26-13-12-22(15-30-26)18-37-29-24(14-27(34)35)17-33(32-29)16-21-8-4-2-5-9-21/h2-13,15,17H,14,16,18-19H2,1H3,(H,34,35). The van der Waals surface area contributed by atoms with Crippen molar-refractivity contribution in [1.82, 2.24) is 19.7 Å². The highest BCUT2D eigenvalue weighted by atomic mass is 16.5. The van der Waals surface area contributed by atoms with Crippen molar-refractivity contribution < 1.29 is 23.8 Å². The van der Waals surface area contributed by atoms with E-state index in [1.165, 1.54) is 0 Å². The molecule has 0 aliphatic heterocycles. The number of carboxylic acid groups (broad SMARTS) is 1. The number of aliphatic carboxylic acids is 1. The summed E-state index contributed by atoms with van der Waals surface area (Å²) in [5, 5.41) is 13.7. The summed E-state index contributed by atoms with van der Waals surface area (Å²) in [4.78, 5) is 20.2. The van der Waals surface area contributed by atoms with Crippen LogP contribution >= 0.6 is 0 Å². The number of aromatic nitrogens is 4. The molecule has 0 aliphatic rings. The Hall–Kier alpha value is -4.92. The van der Waals surface area contributed by atoms with Crippen LogP contribution in [-0.4, -0.2) is 30.8 Å². The van der Waals surface area contributed by atoms with Crippen LogP contribution in [0.4, 0.5) is 0 Å². The Morgan fingerprint density at radius 2 is 1.71 bits per heavy atom. The number of carbonyl (C=O) groups is 1. The number of hydrogen-bond acceptors (Lipinski definition) is 7.